The number of carbonyl (C=O) groups excluding carboxylic acids is 1. The van der Waals surface area contributed by atoms with E-state index in [1.165, 1.54) is 11.7 Å². The van der Waals surface area contributed by atoms with Crippen molar-refractivity contribution in [1.29, 1.82) is 0 Å². The molecule has 204 valence electrons. The Morgan fingerprint density at radius 3 is 2.46 bits per heavy atom. The van der Waals surface area contributed by atoms with Gasteiger partial charge in [0, 0.05) is 5.02 Å². The van der Waals surface area contributed by atoms with Gasteiger partial charge in [-0.25, -0.2) is 28.9 Å². The van der Waals surface area contributed by atoms with Gasteiger partial charge in [0.15, 0.2) is 5.69 Å². The Kier molecular flexibility index (Phi) is 8.05. The van der Waals surface area contributed by atoms with Gasteiger partial charge in [0.1, 0.15) is 18.6 Å². The minimum atomic E-state index is -0.861. The Labute approximate surface area is 227 Å². The highest BCUT2D eigenvalue weighted by Crippen LogP contribution is 2.24. The van der Waals surface area contributed by atoms with Crippen molar-refractivity contribution in [3.8, 4) is 5.75 Å². The van der Waals surface area contributed by atoms with E-state index in [1.54, 1.807) is 42.5 Å². The van der Waals surface area contributed by atoms with Gasteiger partial charge in [-0.15, -0.1) is 0 Å². The van der Waals surface area contributed by atoms with Gasteiger partial charge in [0.2, 0.25) is 11.5 Å². The van der Waals surface area contributed by atoms with Crippen molar-refractivity contribution in [2.75, 3.05) is 13.0 Å². The number of nitrogens with zero attached hydrogens (tertiary/aromatic N) is 5. The predicted molar refractivity (Wildman–Crippen MR) is 143 cm³/mol. The standard InChI is InChI=1S/C26H27ClN6O6/c1-15(2)39-21-10-9-19(11-16(21)3)29-24-31(12-17-5-7-18(27)8-6-17)25(35)32(26(36)33(24)28)13-22-30-20(14-38-22)23(34)37-4/h5-11,14-15H,12-13,28H2,1-4H3/b29-24-. The smallest absolute Gasteiger partial charge is 0.360 e. The lowest BCUT2D eigenvalue weighted by atomic mass is 10.2. The first-order chi connectivity index (χ1) is 18.6. The number of rotatable bonds is 8. The van der Waals surface area contributed by atoms with Crippen LogP contribution in [0.5, 0.6) is 5.75 Å². The first-order valence-corrected chi connectivity index (χ1v) is 12.3. The van der Waals surface area contributed by atoms with Crippen molar-refractivity contribution < 1.29 is 18.7 Å². The predicted octanol–water partition coefficient (Wildman–Crippen LogP) is 2.38. The molecular weight excluding hydrogens is 528 g/mol. The third kappa shape index (κ3) is 6.12. The summed E-state index contributed by atoms with van der Waals surface area (Å²) in [4.78, 5) is 47.2. The second-order valence-electron chi connectivity index (χ2n) is 8.88. The van der Waals surface area contributed by atoms with Crippen LogP contribution in [0.2, 0.25) is 5.02 Å². The molecular formula is C26H27ClN6O6. The molecule has 0 atom stereocenters. The molecule has 0 bridgehead atoms. The third-order valence-corrected chi connectivity index (χ3v) is 5.85. The van der Waals surface area contributed by atoms with Crippen LogP contribution in [-0.2, 0) is 17.8 Å². The van der Waals surface area contributed by atoms with Crippen LogP contribution in [0.4, 0.5) is 5.69 Å². The van der Waals surface area contributed by atoms with E-state index in [-0.39, 0.29) is 36.4 Å². The Hall–Kier alpha value is -4.58. The minimum absolute atomic E-state index is 0.0119. The number of oxazole rings is 1. The van der Waals surface area contributed by atoms with E-state index in [4.69, 9.17) is 26.6 Å². The molecule has 0 radical (unpaired) electrons. The van der Waals surface area contributed by atoms with Gasteiger partial charge in [-0.2, -0.15) is 4.68 Å². The molecule has 0 amide bonds. The topological polar surface area (TPSA) is 149 Å². The molecule has 0 aliphatic carbocycles. The van der Waals surface area contributed by atoms with Crippen molar-refractivity contribution in [1.82, 2.24) is 18.8 Å². The van der Waals surface area contributed by atoms with E-state index in [0.29, 0.717) is 22.0 Å². The molecule has 4 rings (SSSR count). The highest BCUT2D eigenvalue weighted by molar-refractivity contribution is 6.30. The van der Waals surface area contributed by atoms with Crippen molar-refractivity contribution in [3.63, 3.8) is 0 Å². The zero-order valence-electron chi connectivity index (χ0n) is 21.8. The first kappa shape index (κ1) is 27.5. The lowest BCUT2D eigenvalue weighted by Crippen LogP contribution is -2.57. The van der Waals surface area contributed by atoms with Crippen LogP contribution < -0.4 is 27.6 Å². The van der Waals surface area contributed by atoms with Gasteiger partial charge >= 0.3 is 17.3 Å². The molecule has 2 N–H and O–H groups in total. The second-order valence-corrected chi connectivity index (χ2v) is 9.32. The van der Waals surface area contributed by atoms with Gasteiger partial charge < -0.3 is 19.7 Å². The maximum atomic E-state index is 13.7. The van der Waals surface area contributed by atoms with Gasteiger partial charge in [0.25, 0.3) is 0 Å². The maximum Gasteiger partial charge on any atom is 0.360 e. The highest BCUT2D eigenvalue weighted by Gasteiger charge is 2.18. The Bertz CT molecular complexity index is 1700. The summed E-state index contributed by atoms with van der Waals surface area (Å²) in [5.41, 5.74) is 0.220. The summed E-state index contributed by atoms with van der Waals surface area (Å²) in [5.74, 6) is 6.11. The van der Waals surface area contributed by atoms with Gasteiger partial charge in [-0.3, -0.25) is 4.57 Å². The number of carbonyl (C=O) groups is 1. The molecule has 12 nitrogen and oxygen atoms in total. The number of aryl methyl sites for hydroxylation is 1. The molecule has 0 saturated carbocycles. The number of esters is 1. The lowest BCUT2D eigenvalue weighted by Gasteiger charge is -2.14. The lowest BCUT2D eigenvalue weighted by molar-refractivity contribution is 0.0594. The normalized spacial score (nSPS) is 11.7. The van der Waals surface area contributed by atoms with E-state index in [9.17, 15) is 14.4 Å². The fraction of sp³-hybridized carbons (Fsp3) is 0.269. The quantitative estimate of drug-likeness (QED) is 0.258. The summed E-state index contributed by atoms with van der Waals surface area (Å²) in [6.45, 7) is 5.36. The van der Waals surface area contributed by atoms with Crippen LogP contribution in [0, 0.1) is 6.92 Å². The summed E-state index contributed by atoms with van der Waals surface area (Å²) in [6.07, 6.45) is 1.07. The van der Waals surface area contributed by atoms with Crippen molar-refractivity contribution in [2.24, 2.45) is 4.99 Å². The molecule has 0 unspecified atom stereocenters. The Morgan fingerprint density at radius 1 is 1.10 bits per heavy atom. The molecule has 0 aliphatic rings. The highest BCUT2D eigenvalue weighted by atomic mass is 35.5. The Morgan fingerprint density at radius 2 is 1.82 bits per heavy atom. The monoisotopic (exact) mass is 554 g/mol. The third-order valence-electron chi connectivity index (χ3n) is 5.60. The molecule has 13 heteroatoms. The zero-order valence-corrected chi connectivity index (χ0v) is 22.5. The molecule has 2 heterocycles. The number of ether oxygens (including phenoxy) is 2. The summed E-state index contributed by atoms with van der Waals surface area (Å²) in [6, 6.07) is 12.1. The van der Waals surface area contributed by atoms with Crippen molar-refractivity contribution in [3.05, 3.63) is 103 Å². The zero-order chi connectivity index (χ0) is 28.3. The summed E-state index contributed by atoms with van der Waals surface area (Å²) < 4.78 is 18.5. The van der Waals surface area contributed by atoms with Gasteiger partial charge in [-0.1, -0.05) is 23.7 Å². The average molecular weight is 555 g/mol. The number of hydrogen-bond donors (Lipinski definition) is 1. The SMILES string of the molecule is COC(=O)c1coc(Cn2c(=O)n(N)/c(=N\c3ccc(OC(C)C)c(C)c3)n(Cc3ccc(Cl)cc3)c2=O)n1. The number of aromatic nitrogens is 4. The number of halogens is 1. The number of nitrogens with two attached hydrogens (primary N) is 1. The van der Waals surface area contributed by atoms with Crippen molar-refractivity contribution in [2.45, 2.75) is 40.0 Å². The summed E-state index contributed by atoms with van der Waals surface area (Å²) in [7, 11) is 1.20. The number of nitrogen functional groups attached to an aromatic ring is 1. The molecule has 4 aromatic rings. The van der Waals surface area contributed by atoms with Crippen LogP contribution in [0.15, 0.2) is 67.7 Å². The summed E-state index contributed by atoms with van der Waals surface area (Å²) in [5, 5.41) is 0.527. The van der Waals surface area contributed by atoms with E-state index in [0.717, 1.165) is 21.1 Å². The van der Waals surface area contributed by atoms with E-state index in [2.05, 4.69) is 14.7 Å². The van der Waals surface area contributed by atoms with Crippen LogP contribution in [0.1, 0.15) is 41.4 Å². The number of methoxy groups -OCH3 is 1. The molecule has 0 spiro atoms. The molecule has 39 heavy (non-hydrogen) atoms. The van der Waals surface area contributed by atoms with Gasteiger partial charge in [0.05, 0.1) is 25.4 Å². The summed E-state index contributed by atoms with van der Waals surface area (Å²) >= 11 is 6.02. The molecule has 2 aromatic carbocycles. The fourth-order valence-corrected chi connectivity index (χ4v) is 3.87. The molecule has 0 aliphatic heterocycles. The van der Waals surface area contributed by atoms with Crippen LogP contribution in [-0.4, -0.2) is 38.0 Å². The van der Waals surface area contributed by atoms with E-state index < -0.39 is 17.3 Å². The van der Waals surface area contributed by atoms with Crippen LogP contribution in [0.25, 0.3) is 0 Å². The average Bonchev–Trinajstić information content (AvgIpc) is 3.38. The van der Waals surface area contributed by atoms with E-state index >= 15 is 0 Å². The molecule has 0 saturated heterocycles. The van der Waals surface area contributed by atoms with E-state index in [1.807, 2.05) is 20.8 Å². The second kappa shape index (κ2) is 11.4. The largest absolute Gasteiger partial charge is 0.491 e. The van der Waals surface area contributed by atoms with Crippen LogP contribution >= 0.6 is 11.6 Å². The molecule has 0 fully saturated rings. The first-order valence-electron chi connectivity index (χ1n) is 11.9. The Balaban J connectivity index is 1.87. The van der Waals surface area contributed by atoms with Gasteiger partial charge in [-0.05, 0) is 62.2 Å². The van der Waals surface area contributed by atoms with Crippen LogP contribution in [0.3, 0.4) is 0 Å². The number of hydrogen-bond acceptors (Lipinski definition) is 9. The fourth-order valence-electron chi connectivity index (χ4n) is 3.74. The minimum Gasteiger partial charge on any atom is -0.491 e. The molecule has 2 aromatic heterocycles. The van der Waals surface area contributed by atoms with Crippen molar-refractivity contribution >= 4 is 23.3 Å². The maximum absolute atomic E-state index is 13.7. The number of benzene rings is 2.